The molecule has 6 heteroatoms. The van der Waals surface area contributed by atoms with E-state index in [9.17, 15) is 9.59 Å². The lowest BCUT2D eigenvalue weighted by molar-refractivity contribution is -0.169. The van der Waals surface area contributed by atoms with E-state index in [-0.39, 0.29) is 24.5 Å². The molecule has 176 valence electrons. The molecule has 33 heavy (non-hydrogen) atoms. The molecule has 0 spiro atoms. The summed E-state index contributed by atoms with van der Waals surface area (Å²) in [6, 6.07) is 9.55. The predicted molar refractivity (Wildman–Crippen MR) is 125 cm³/mol. The summed E-state index contributed by atoms with van der Waals surface area (Å²) in [5.41, 5.74) is 2.90. The highest BCUT2D eigenvalue weighted by Gasteiger charge is 2.47. The van der Waals surface area contributed by atoms with Crippen molar-refractivity contribution in [3.05, 3.63) is 41.5 Å². The van der Waals surface area contributed by atoms with E-state index >= 15 is 0 Å². The summed E-state index contributed by atoms with van der Waals surface area (Å²) in [5, 5.41) is 0. The maximum Gasteiger partial charge on any atom is 0.315 e. The minimum absolute atomic E-state index is 0.124. The number of hydrogen-bond donors (Lipinski definition) is 0. The Balaban J connectivity index is 1.72. The first-order valence-electron chi connectivity index (χ1n) is 11.7. The minimum atomic E-state index is -0.649. The lowest BCUT2D eigenvalue weighted by atomic mass is 9.69. The molecule has 0 heterocycles. The van der Waals surface area contributed by atoms with E-state index in [0.717, 1.165) is 47.9 Å². The zero-order chi connectivity index (χ0) is 23.6. The SMILES string of the molecule is CC[C@@H](C)OC(=O)C1(COc2c(-c3cccc4c3CCC4=O)ccc(OC)c2OC)CCC1. The normalized spacial score (nSPS) is 17.0. The Morgan fingerprint density at radius 2 is 1.76 bits per heavy atom. The van der Waals surface area contributed by atoms with Crippen LogP contribution in [0.3, 0.4) is 0 Å². The van der Waals surface area contributed by atoms with Gasteiger partial charge >= 0.3 is 5.97 Å². The third-order valence-corrected chi connectivity index (χ3v) is 6.99. The molecule has 2 aromatic rings. The number of carbonyl (C=O) groups is 2. The fourth-order valence-corrected chi connectivity index (χ4v) is 4.61. The molecule has 0 bridgehead atoms. The van der Waals surface area contributed by atoms with Crippen molar-refractivity contribution in [1.29, 1.82) is 0 Å². The molecule has 2 aliphatic carbocycles. The van der Waals surface area contributed by atoms with E-state index < -0.39 is 5.41 Å². The van der Waals surface area contributed by atoms with Gasteiger partial charge < -0.3 is 18.9 Å². The molecule has 0 aliphatic heterocycles. The van der Waals surface area contributed by atoms with Gasteiger partial charge in [0.1, 0.15) is 12.0 Å². The maximum atomic E-state index is 13.0. The maximum absolute atomic E-state index is 13.0. The molecule has 0 aromatic heterocycles. The predicted octanol–water partition coefficient (Wildman–Crippen LogP) is 5.39. The van der Waals surface area contributed by atoms with E-state index in [1.807, 2.05) is 44.2 Å². The highest BCUT2D eigenvalue weighted by Crippen LogP contribution is 2.49. The average molecular weight is 453 g/mol. The lowest BCUT2D eigenvalue weighted by Crippen LogP contribution is -2.45. The quantitative estimate of drug-likeness (QED) is 0.475. The molecule has 0 saturated heterocycles. The molecule has 1 fully saturated rings. The molecule has 0 amide bonds. The summed E-state index contributed by atoms with van der Waals surface area (Å²) in [4.78, 5) is 25.3. The van der Waals surface area contributed by atoms with Crippen molar-refractivity contribution in [2.75, 3.05) is 20.8 Å². The molecular weight excluding hydrogens is 420 g/mol. The second-order valence-corrected chi connectivity index (χ2v) is 8.98. The average Bonchev–Trinajstić information content (AvgIpc) is 3.18. The van der Waals surface area contributed by atoms with E-state index in [2.05, 4.69) is 0 Å². The zero-order valence-electron chi connectivity index (χ0n) is 19.9. The molecule has 6 nitrogen and oxygen atoms in total. The number of hydrogen-bond acceptors (Lipinski definition) is 6. The van der Waals surface area contributed by atoms with Gasteiger partial charge in [-0.15, -0.1) is 0 Å². The number of benzene rings is 2. The largest absolute Gasteiger partial charge is 0.493 e. The van der Waals surface area contributed by atoms with Gasteiger partial charge in [-0.1, -0.05) is 31.5 Å². The summed E-state index contributed by atoms with van der Waals surface area (Å²) in [7, 11) is 3.15. The van der Waals surface area contributed by atoms with Crippen LogP contribution in [0.1, 0.15) is 61.9 Å². The Labute approximate surface area is 195 Å². The van der Waals surface area contributed by atoms with Crippen molar-refractivity contribution >= 4 is 11.8 Å². The Bertz CT molecular complexity index is 1050. The van der Waals surface area contributed by atoms with Crippen LogP contribution in [0.25, 0.3) is 11.1 Å². The molecule has 0 radical (unpaired) electrons. The summed E-state index contributed by atoms with van der Waals surface area (Å²) in [5.74, 6) is 1.51. The van der Waals surface area contributed by atoms with Gasteiger partial charge in [-0.25, -0.2) is 0 Å². The topological polar surface area (TPSA) is 71.1 Å². The van der Waals surface area contributed by atoms with Gasteiger partial charge in [0.25, 0.3) is 0 Å². The molecule has 0 unspecified atom stereocenters. The van der Waals surface area contributed by atoms with E-state index in [4.69, 9.17) is 18.9 Å². The third kappa shape index (κ3) is 4.19. The number of ketones is 1. The van der Waals surface area contributed by atoms with Crippen LogP contribution in [-0.2, 0) is 16.0 Å². The van der Waals surface area contributed by atoms with Crippen molar-refractivity contribution in [1.82, 2.24) is 0 Å². The number of carbonyl (C=O) groups excluding carboxylic acids is 2. The second kappa shape index (κ2) is 9.46. The van der Waals surface area contributed by atoms with Crippen LogP contribution < -0.4 is 14.2 Å². The van der Waals surface area contributed by atoms with Crippen molar-refractivity contribution < 1.29 is 28.5 Å². The first-order valence-corrected chi connectivity index (χ1v) is 11.7. The number of fused-ring (bicyclic) bond motifs is 1. The van der Waals surface area contributed by atoms with Crippen molar-refractivity contribution in [2.45, 2.75) is 58.5 Å². The summed E-state index contributed by atoms with van der Waals surface area (Å²) >= 11 is 0. The Kier molecular flexibility index (Phi) is 6.63. The van der Waals surface area contributed by atoms with Crippen LogP contribution in [0, 0.1) is 5.41 Å². The molecule has 2 aliphatic rings. The van der Waals surface area contributed by atoms with Crippen LogP contribution in [0.4, 0.5) is 0 Å². The molecule has 1 saturated carbocycles. The van der Waals surface area contributed by atoms with E-state index in [1.54, 1.807) is 14.2 Å². The first-order chi connectivity index (χ1) is 15.9. The second-order valence-electron chi connectivity index (χ2n) is 8.98. The van der Waals surface area contributed by atoms with Crippen LogP contribution in [0.2, 0.25) is 0 Å². The van der Waals surface area contributed by atoms with Gasteiger partial charge in [-0.05, 0) is 55.9 Å². The fraction of sp³-hybridized carbons (Fsp3) is 0.481. The third-order valence-electron chi connectivity index (χ3n) is 6.99. The summed E-state index contributed by atoms with van der Waals surface area (Å²) in [6.45, 7) is 4.11. The summed E-state index contributed by atoms with van der Waals surface area (Å²) < 4.78 is 23.3. The van der Waals surface area contributed by atoms with E-state index in [0.29, 0.717) is 30.1 Å². The minimum Gasteiger partial charge on any atom is -0.493 e. The zero-order valence-corrected chi connectivity index (χ0v) is 19.9. The highest BCUT2D eigenvalue weighted by atomic mass is 16.6. The number of methoxy groups -OCH3 is 2. The van der Waals surface area contributed by atoms with Gasteiger partial charge in [0.15, 0.2) is 17.3 Å². The fourth-order valence-electron chi connectivity index (χ4n) is 4.61. The Morgan fingerprint density at radius 1 is 1.00 bits per heavy atom. The van der Waals surface area contributed by atoms with Gasteiger partial charge in [0, 0.05) is 17.5 Å². The van der Waals surface area contributed by atoms with E-state index in [1.165, 1.54) is 0 Å². The molecule has 1 atom stereocenters. The molecular formula is C27H32O6. The Morgan fingerprint density at radius 3 is 2.39 bits per heavy atom. The summed E-state index contributed by atoms with van der Waals surface area (Å²) in [6.07, 6.45) is 4.30. The molecule has 4 rings (SSSR count). The van der Waals surface area contributed by atoms with Crippen molar-refractivity contribution in [2.24, 2.45) is 5.41 Å². The highest BCUT2D eigenvalue weighted by molar-refractivity contribution is 6.02. The van der Waals surface area contributed by atoms with Crippen molar-refractivity contribution in [3.63, 3.8) is 0 Å². The number of rotatable bonds is 9. The van der Waals surface area contributed by atoms with Gasteiger partial charge in [-0.2, -0.15) is 0 Å². The van der Waals surface area contributed by atoms with Crippen molar-refractivity contribution in [3.8, 4) is 28.4 Å². The lowest BCUT2D eigenvalue weighted by Gasteiger charge is -2.39. The standard InChI is InChI=1S/C27H32O6/c1-5-17(2)33-26(29)27(14-7-15-27)16-32-24-21(11-13-23(30-3)25(24)31-4)18-8-6-9-20-19(18)10-12-22(20)28/h6,8-9,11,13,17H,5,7,10,12,14-16H2,1-4H3/t17-/m1/s1. The molecule has 2 aromatic carbocycles. The van der Waals surface area contributed by atoms with Crippen LogP contribution in [-0.4, -0.2) is 38.7 Å². The first kappa shape index (κ1) is 23.1. The van der Waals surface area contributed by atoms with Crippen LogP contribution in [0.15, 0.2) is 30.3 Å². The number of Topliss-reactive ketones (excluding diaryl/α,β-unsaturated/α-hetero) is 1. The van der Waals surface area contributed by atoms with Gasteiger partial charge in [-0.3, -0.25) is 9.59 Å². The number of ether oxygens (including phenoxy) is 4. The smallest absolute Gasteiger partial charge is 0.315 e. The monoisotopic (exact) mass is 452 g/mol. The molecule has 0 N–H and O–H groups in total. The number of esters is 1. The van der Waals surface area contributed by atoms with Crippen LogP contribution >= 0.6 is 0 Å². The van der Waals surface area contributed by atoms with Gasteiger partial charge in [0.2, 0.25) is 5.75 Å². The van der Waals surface area contributed by atoms with Crippen LogP contribution in [0.5, 0.6) is 17.2 Å². The van der Waals surface area contributed by atoms with Gasteiger partial charge in [0.05, 0.1) is 20.3 Å². The Hall–Kier alpha value is -3.02.